The predicted octanol–water partition coefficient (Wildman–Crippen LogP) is 4.08. The minimum Gasteiger partial charge on any atom is -0.494 e. The van der Waals surface area contributed by atoms with Gasteiger partial charge in [-0.05, 0) is 86.2 Å². The molecule has 5 nitrogen and oxygen atoms in total. The van der Waals surface area contributed by atoms with Gasteiger partial charge in [0.15, 0.2) is 0 Å². The second-order valence-electron chi connectivity index (χ2n) is 8.26. The zero-order valence-corrected chi connectivity index (χ0v) is 17.9. The van der Waals surface area contributed by atoms with Crippen molar-refractivity contribution in [2.24, 2.45) is 0 Å². The van der Waals surface area contributed by atoms with Crippen molar-refractivity contribution in [3.63, 3.8) is 0 Å². The number of carbonyl (C=O) groups is 1. The molecule has 0 aromatic heterocycles. The number of hydrogen-bond acceptors (Lipinski definition) is 5. The average Bonchev–Trinajstić information content (AvgIpc) is 3.22. The zero-order valence-electron chi connectivity index (χ0n) is 17.9. The number of piperazine rings is 1. The topological polar surface area (TPSA) is 42.0 Å². The van der Waals surface area contributed by atoms with Crippen molar-refractivity contribution in [3.8, 4) is 11.5 Å². The van der Waals surface area contributed by atoms with E-state index in [1.54, 1.807) is 0 Å². The summed E-state index contributed by atoms with van der Waals surface area (Å²) in [5, 5.41) is 0. The Morgan fingerprint density at radius 1 is 0.900 bits per heavy atom. The lowest BCUT2D eigenvalue weighted by atomic mass is 10.1. The number of hydrogen-bond donors (Lipinski definition) is 0. The van der Waals surface area contributed by atoms with Crippen LogP contribution in [0.5, 0.6) is 11.5 Å². The van der Waals surface area contributed by atoms with Crippen LogP contribution in [-0.2, 0) is 17.6 Å². The Bertz CT molecular complexity index is 842. The highest BCUT2D eigenvalue weighted by Gasteiger charge is 2.17. The maximum atomic E-state index is 11.0. The molecular formula is C25H32N2O3. The molecular weight excluding hydrogens is 376 g/mol. The molecule has 5 heteroatoms. The molecule has 0 amide bonds. The summed E-state index contributed by atoms with van der Waals surface area (Å²) in [5.74, 6) is 1.35. The summed E-state index contributed by atoms with van der Waals surface area (Å²) >= 11 is 0. The van der Waals surface area contributed by atoms with Crippen LogP contribution in [0.3, 0.4) is 0 Å². The summed E-state index contributed by atoms with van der Waals surface area (Å²) in [6, 6.07) is 14.4. The van der Waals surface area contributed by atoms with Crippen LogP contribution >= 0.6 is 0 Å². The van der Waals surface area contributed by atoms with Crippen molar-refractivity contribution in [3.05, 3.63) is 53.6 Å². The van der Waals surface area contributed by atoms with Crippen LogP contribution in [0.15, 0.2) is 42.5 Å². The summed E-state index contributed by atoms with van der Waals surface area (Å²) in [6.45, 7) is 7.57. The van der Waals surface area contributed by atoms with Gasteiger partial charge in [0.05, 0.1) is 6.61 Å². The zero-order chi connectivity index (χ0) is 20.8. The number of unbranched alkanes of at least 4 members (excludes halogenated alkanes) is 1. The molecule has 2 aliphatic rings. The van der Waals surface area contributed by atoms with Crippen LogP contribution in [0.1, 0.15) is 37.3 Å². The lowest BCUT2D eigenvalue weighted by molar-refractivity contribution is -0.131. The fourth-order valence-electron chi connectivity index (χ4n) is 4.39. The summed E-state index contributed by atoms with van der Waals surface area (Å²) < 4.78 is 11.1. The van der Waals surface area contributed by atoms with E-state index in [1.807, 2.05) is 24.3 Å². The van der Waals surface area contributed by atoms with E-state index in [-0.39, 0.29) is 5.97 Å². The normalized spacial score (nSPS) is 16.4. The fraction of sp³-hybridized carbons (Fsp3) is 0.480. The standard InChI is InChI=1S/C25H32N2O3/c1-20(28)30-24-11-8-23(9-12-24)27-16-14-26(15-17-27)13-2-3-18-29-25-10-7-21-5-4-6-22(21)19-25/h7-12,19H,2-6,13-18H2,1H3. The summed E-state index contributed by atoms with van der Waals surface area (Å²) in [5.41, 5.74) is 4.17. The van der Waals surface area contributed by atoms with Gasteiger partial charge in [0, 0.05) is 38.8 Å². The molecule has 0 unspecified atom stereocenters. The number of esters is 1. The molecule has 0 N–H and O–H groups in total. The van der Waals surface area contributed by atoms with Gasteiger partial charge in [-0.1, -0.05) is 6.07 Å². The lowest BCUT2D eigenvalue weighted by Crippen LogP contribution is -2.46. The minimum atomic E-state index is -0.283. The third-order valence-corrected chi connectivity index (χ3v) is 6.04. The Morgan fingerprint density at radius 3 is 2.40 bits per heavy atom. The van der Waals surface area contributed by atoms with Crippen LogP contribution in [0, 0.1) is 0 Å². The summed E-state index contributed by atoms with van der Waals surface area (Å²) in [6.07, 6.45) is 5.97. The van der Waals surface area contributed by atoms with Gasteiger partial charge in [-0.3, -0.25) is 9.69 Å². The van der Waals surface area contributed by atoms with Crippen molar-refractivity contribution in [1.82, 2.24) is 4.90 Å². The molecule has 2 aromatic rings. The molecule has 0 bridgehead atoms. The van der Waals surface area contributed by atoms with Gasteiger partial charge in [-0.25, -0.2) is 0 Å². The van der Waals surface area contributed by atoms with Crippen LogP contribution in [0.2, 0.25) is 0 Å². The summed E-state index contributed by atoms with van der Waals surface area (Å²) in [7, 11) is 0. The molecule has 2 aromatic carbocycles. The van der Waals surface area contributed by atoms with Gasteiger partial charge in [0.25, 0.3) is 0 Å². The largest absolute Gasteiger partial charge is 0.494 e. The van der Waals surface area contributed by atoms with Gasteiger partial charge in [-0.2, -0.15) is 0 Å². The highest BCUT2D eigenvalue weighted by atomic mass is 16.5. The van der Waals surface area contributed by atoms with Gasteiger partial charge in [0.2, 0.25) is 0 Å². The molecule has 160 valence electrons. The van der Waals surface area contributed by atoms with Gasteiger partial charge < -0.3 is 14.4 Å². The van der Waals surface area contributed by atoms with Crippen LogP contribution in [-0.4, -0.2) is 50.2 Å². The minimum absolute atomic E-state index is 0.283. The number of nitrogens with zero attached hydrogens (tertiary/aromatic N) is 2. The molecule has 0 radical (unpaired) electrons. The molecule has 1 aliphatic carbocycles. The second-order valence-corrected chi connectivity index (χ2v) is 8.26. The third kappa shape index (κ3) is 5.54. The fourth-order valence-corrected chi connectivity index (χ4v) is 4.39. The van der Waals surface area contributed by atoms with E-state index in [9.17, 15) is 4.79 Å². The predicted molar refractivity (Wildman–Crippen MR) is 120 cm³/mol. The second kappa shape index (κ2) is 9.98. The molecule has 1 aliphatic heterocycles. The average molecular weight is 409 g/mol. The smallest absolute Gasteiger partial charge is 0.308 e. The summed E-state index contributed by atoms with van der Waals surface area (Å²) in [4.78, 5) is 16.0. The van der Waals surface area contributed by atoms with E-state index < -0.39 is 0 Å². The SMILES string of the molecule is CC(=O)Oc1ccc(N2CCN(CCCCOc3ccc4c(c3)CCC4)CC2)cc1. The molecule has 30 heavy (non-hydrogen) atoms. The quantitative estimate of drug-likeness (QED) is 0.374. The van der Waals surface area contributed by atoms with Crippen LogP contribution in [0.4, 0.5) is 5.69 Å². The Hall–Kier alpha value is -2.53. The molecule has 0 saturated carbocycles. The first kappa shape index (κ1) is 20.7. The molecule has 1 heterocycles. The highest BCUT2D eigenvalue weighted by Crippen LogP contribution is 2.26. The van der Waals surface area contributed by atoms with Crippen LogP contribution in [0.25, 0.3) is 0 Å². The van der Waals surface area contributed by atoms with E-state index in [4.69, 9.17) is 9.47 Å². The van der Waals surface area contributed by atoms with Crippen molar-refractivity contribution < 1.29 is 14.3 Å². The lowest BCUT2D eigenvalue weighted by Gasteiger charge is -2.36. The Kier molecular flexibility index (Phi) is 6.90. The van der Waals surface area contributed by atoms with Crippen LogP contribution < -0.4 is 14.4 Å². The number of anilines is 1. The first-order valence-corrected chi connectivity index (χ1v) is 11.2. The van der Waals surface area contributed by atoms with Gasteiger partial charge in [0.1, 0.15) is 11.5 Å². The number of aryl methyl sites for hydroxylation is 2. The maximum absolute atomic E-state index is 11.0. The van der Waals surface area contributed by atoms with E-state index in [1.165, 1.54) is 49.4 Å². The van der Waals surface area contributed by atoms with E-state index in [0.717, 1.165) is 51.5 Å². The molecule has 0 spiro atoms. The third-order valence-electron chi connectivity index (χ3n) is 6.04. The Balaban J connectivity index is 1.12. The van der Waals surface area contributed by atoms with Crippen molar-refractivity contribution in [2.75, 3.05) is 44.2 Å². The van der Waals surface area contributed by atoms with E-state index >= 15 is 0 Å². The Labute approximate surface area is 179 Å². The monoisotopic (exact) mass is 408 g/mol. The van der Waals surface area contributed by atoms with Crippen molar-refractivity contribution in [2.45, 2.75) is 39.0 Å². The van der Waals surface area contributed by atoms with Gasteiger partial charge in [-0.15, -0.1) is 0 Å². The first-order chi connectivity index (χ1) is 14.7. The number of rotatable bonds is 8. The van der Waals surface area contributed by atoms with Crippen molar-refractivity contribution in [1.29, 1.82) is 0 Å². The number of benzene rings is 2. The maximum Gasteiger partial charge on any atom is 0.308 e. The first-order valence-electron chi connectivity index (χ1n) is 11.2. The number of fused-ring (bicyclic) bond motifs is 1. The van der Waals surface area contributed by atoms with Crippen molar-refractivity contribution >= 4 is 11.7 Å². The Morgan fingerprint density at radius 2 is 1.63 bits per heavy atom. The highest BCUT2D eigenvalue weighted by molar-refractivity contribution is 5.69. The molecule has 4 rings (SSSR count). The number of carbonyl (C=O) groups excluding carboxylic acids is 1. The van der Waals surface area contributed by atoms with Gasteiger partial charge >= 0.3 is 5.97 Å². The molecule has 0 atom stereocenters. The van der Waals surface area contributed by atoms with E-state index in [0.29, 0.717) is 5.75 Å². The van der Waals surface area contributed by atoms with E-state index in [2.05, 4.69) is 28.0 Å². The molecule has 1 saturated heterocycles. The molecule has 1 fully saturated rings. The number of ether oxygens (including phenoxy) is 2.